The lowest BCUT2D eigenvalue weighted by Crippen LogP contribution is -2.03. The van der Waals surface area contributed by atoms with Crippen molar-refractivity contribution in [2.24, 2.45) is 0 Å². The van der Waals surface area contributed by atoms with Crippen LogP contribution in [0.3, 0.4) is 0 Å². The van der Waals surface area contributed by atoms with Crippen LogP contribution in [-0.4, -0.2) is 22.2 Å². The molecule has 0 aliphatic heterocycles. The molecular formula is C7H9FN2O2. The van der Waals surface area contributed by atoms with Crippen LogP contribution < -0.4 is 4.74 Å². The Balaban J connectivity index is 3.03. The van der Waals surface area contributed by atoms with Crippen molar-refractivity contribution < 1.29 is 14.2 Å². The zero-order valence-corrected chi connectivity index (χ0v) is 6.78. The summed E-state index contributed by atoms with van der Waals surface area (Å²) in [5, 5.41) is 8.98. The van der Waals surface area contributed by atoms with Crippen LogP contribution >= 0.6 is 0 Å². The van der Waals surface area contributed by atoms with Crippen molar-refractivity contribution in [3.8, 4) is 5.88 Å². The van der Waals surface area contributed by atoms with Crippen LogP contribution in [0.25, 0.3) is 0 Å². The van der Waals surface area contributed by atoms with Gasteiger partial charge in [0, 0.05) is 0 Å². The molecular weight excluding hydrogens is 163 g/mol. The Morgan fingerprint density at radius 3 is 2.75 bits per heavy atom. The highest BCUT2D eigenvalue weighted by Crippen LogP contribution is 2.14. The first-order chi connectivity index (χ1) is 5.65. The van der Waals surface area contributed by atoms with Crippen molar-refractivity contribution in [2.45, 2.75) is 13.0 Å². The van der Waals surface area contributed by atoms with E-state index in [2.05, 4.69) is 14.7 Å². The molecule has 1 aromatic rings. The van der Waals surface area contributed by atoms with E-state index in [1.165, 1.54) is 20.2 Å². The SMILES string of the molecule is COc1cnc(C(C)O)c(F)n1. The zero-order chi connectivity index (χ0) is 9.14. The first-order valence-corrected chi connectivity index (χ1v) is 3.39. The zero-order valence-electron chi connectivity index (χ0n) is 6.78. The average Bonchev–Trinajstić information content (AvgIpc) is 2.03. The van der Waals surface area contributed by atoms with Gasteiger partial charge in [-0.05, 0) is 6.92 Å². The topological polar surface area (TPSA) is 55.2 Å². The summed E-state index contributed by atoms with van der Waals surface area (Å²) in [4.78, 5) is 7.04. The Morgan fingerprint density at radius 1 is 1.67 bits per heavy atom. The molecule has 1 aromatic heterocycles. The number of ether oxygens (including phenoxy) is 1. The summed E-state index contributed by atoms with van der Waals surface area (Å²) < 4.78 is 17.5. The van der Waals surface area contributed by atoms with Gasteiger partial charge in [-0.1, -0.05) is 0 Å². The quantitative estimate of drug-likeness (QED) is 0.712. The Kier molecular flexibility index (Phi) is 2.54. The van der Waals surface area contributed by atoms with E-state index in [4.69, 9.17) is 5.11 Å². The molecule has 0 saturated heterocycles. The van der Waals surface area contributed by atoms with Gasteiger partial charge in [0.25, 0.3) is 0 Å². The standard InChI is InChI=1S/C7H9FN2O2/c1-4(11)6-7(8)10-5(12-2)3-9-6/h3-4,11H,1-2H3. The fourth-order valence-electron chi connectivity index (χ4n) is 0.740. The molecule has 0 fully saturated rings. The summed E-state index contributed by atoms with van der Waals surface area (Å²) >= 11 is 0. The highest BCUT2D eigenvalue weighted by atomic mass is 19.1. The molecule has 66 valence electrons. The molecule has 1 atom stereocenters. The predicted molar refractivity (Wildman–Crippen MR) is 39.2 cm³/mol. The number of aliphatic hydroxyl groups excluding tert-OH is 1. The van der Waals surface area contributed by atoms with Crippen LogP contribution in [-0.2, 0) is 0 Å². The number of halogens is 1. The second-order valence-corrected chi connectivity index (χ2v) is 2.26. The molecule has 0 aliphatic carbocycles. The molecule has 4 nitrogen and oxygen atoms in total. The molecule has 12 heavy (non-hydrogen) atoms. The molecule has 1 N–H and O–H groups in total. The maximum Gasteiger partial charge on any atom is 0.240 e. The minimum absolute atomic E-state index is 0.0733. The van der Waals surface area contributed by atoms with Crippen molar-refractivity contribution in [1.29, 1.82) is 0 Å². The minimum atomic E-state index is -0.955. The van der Waals surface area contributed by atoms with Gasteiger partial charge in [0.2, 0.25) is 11.8 Å². The molecule has 0 aromatic carbocycles. The molecule has 1 rings (SSSR count). The molecule has 0 radical (unpaired) electrons. The van der Waals surface area contributed by atoms with E-state index in [1.54, 1.807) is 0 Å². The fraction of sp³-hybridized carbons (Fsp3) is 0.429. The van der Waals surface area contributed by atoms with Gasteiger partial charge < -0.3 is 9.84 Å². The number of hydrogen-bond donors (Lipinski definition) is 1. The van der Waals surface area contributed by atoms with Crippen LogP contribution in [0.5, 0.6) is 5.88 Å². The summed E-state index contributed by atoms with van der Waals surface area (Å²) in [5.41, 5.74) is -0.0733. The van der Waals surface area contributed by atoms with E-state index in [0.717, 1.165) is 0 Å². The summed E-state index contributed by atoms with van der Waals surface area (Å²) in [7, 11) is 1.37. The molecule has 0 saturated carbocycles. The van der Waals surface area contributed by atoms with E-state index in [0.29, 0.717) is 0 Å². The molecule has 1 unspecified atom stereocenters. The van der Waals surface area contributed by atoms with E-state index in [1.807, 2.05) is 0 Å². The first kappa shape index (κ1) is 8.86. The molecule has 0 spiro atoms. The first-order valence-electron chi connectivity index (χ1n) is 3.39. The molecule has 1 heterocycles. The third kappa shape index (κ3) is 1.68. The monoisotopic (exact) mass is 172 g/mol. The largest absolute Gasteiger partial charge is 0.480 e. The van der Waals surface area contributed by atoms with E-state index >= 15 is 0 Å². The van der Waals surface area contributed by atoms with Crippen molar-refractivity contribution in [2.75, 3.05) is 7.11 Å². The van der Waals surface area contributed by atoms with Crippen LogP contribution in [0.15, 0.2) is 6.20 Å². The Labute approximate surface area is 69.0 Å². The molecule has 0 aliphatic rings. The second-order valence-electron chi connectivity index (χ2n) is 2.26. The molecule has 0 bridgehead atoms. The Hall–Kier alpha value is -1.23. The summed E-state index contributed by atoms with van der Waals surface area (Å²) in [6.07, 6.45) is 0.300. The third-order valence-electron chi connectivity index (χ3n) is 1.34. The fourth-order valence-corrected chi connectivity index (χ4v) is 0.740. The van der Waals surface area contributed by atoms with E-state index < -0.39 is 12.1 Å². The number of aromatic nitrogens is 2. The van der Waals surface area contributed by atoms with Crippen LogP contribution in [0.1, 0.15) is 18.7 Å². The number of rotatable bonds is 2. The van der Waals surface area contributed by atoms with Gasteiger partial charge in [-0.25, -0.2) is 4.98 Å². The summed E-state index contributed by atoms with van der Waals surface area (Å²) in [5.74, 6) is -0.707. The lowest BCUT2D eigenvalue weighted by Gasteiger charge is -2.04. The van der Waals surface area contributed by atoms with Gasteiger partial charge in [-0.15, -0.1) is 0 Å². The third-order valence-corrected chi connectivity index (χ3v) is 1.34. The smallest absolute Gasteiger partial charge is 0.240 e. The summed E-state index contributed by atoms with van der Waals surface area (Å²) in [6.45, 7) is 1.42. The van der Waals surface area contributed by atoms with E-state index in [-0.39, 0.29) is 11.6 Å². The summed E-state index contributed by atoms with van der Waals surface area (Å²) in [6, 6.07) is 0. The lowest BCUT2D eigenvalue weighted by molar-refractivity contribution is 0.186. The number of hydrogen-bond acceptors (Lipinski definition) is 4. The van der Waals surface area contributed by atoms with Crippen LogP contribution in [0.2, 0.25) is 0 Å². The van der Waals surface area contributed by atoms with Crippen molar-refractivity contribution in [3.63, 3.8) is 0 Å². The maximum atomic E-state index is 12.9. The maximum absolute atomic E-state index is 12.9. The molecule has 5 heteroatoms. The highest BCUT2D eigenvalue weighted by Gasteiger charge is 2.11. The van der Waals surface area contributed by atoms with Gasteiger partial charge in [-0.2, -0.15) is 9.37 Å². The molecule has 0 amide bonds. The normalized spacial score (nSPS) is 12.7. The highest BCUT2D eigenvalue weighted by molar-refractivity contribution is 5.10. The van der Waals surface area contributed by atoms with Gasteiger partial charge in [0.15, 0.2) is 0 Å². The average molecular weight is 172 g/mol. The van der Waals surface area contributed by atoms with Crippen molar-refractivity contribution in [1.82, 2.24) is 9.97 Å². The Morgan fingerprint density at radius 2 is 2.33 bits per heavy atom. The number of nitrogens with zero attached hydrogens (tertiary/aromatic N) is 2. The van der Waals surface area contributed by atoms with Gasteiger partial charge in [0.1, 0.15) is 5.69 Å². The number of methoxy groups -OCH3 is 1. The van der Waals surface area contributed by atoms with Crippen LogP contribution in [0.4, 0.5) is 4.39 Å². The number of aliphatic hydroxyl groups is 1. The lowest BCUT2D eigenvalue weighted by atomic mass is 10.3. The van der Waals surface area contributed by atoms with Gasteiger partial charge in [0.05, 0.1) is 19.4 Å². The second kappa shape index (κ2) is 3.44. The van der Waals surface area contributed by atoms with Crippen molar-refractivity contribution in [3.05, 3.63) is 17.8 Å². The van der Waals surface area contributed by atoms with Gasteiger partial charge in [-0.3, -0.25) is 0 Å². The van der Waals surface area contributed by atoms with Crippen LogP contribution in [0, 0.1) is 5.95 Å². The Bertz CT molecular complexity index is 278. The van der Waals surface area contributed by atoms with Crippen molar-refractivity contribution >= 4 is 0 Å². The minimum Gasteiger partial charge on any atom is -0.480 e. The van der Waals surface area contributed by atoms with E-state index in [9.17, 15) is 4.39 Å². The van der Waals surface area contributed by atoms with Gasteiger partial charge >= 0.3 is 0 Å². The predicted octanol–water partition coefficient (Wildman–Crippen LogP) is 0.678.